The fourth-order valence-electron chi connectivity index (χ4n) is 1.85. The van der Waals surface area contributed by atoms with Crippen molar-refractivity contribution in [2.45, 2.75) is 9.95 Å². The van der Waals surface area contributed by atoms with Gasteiger partial charge in [-0.15, -0.1) is 5.48 Å². The van der Waals surface area contributed by atoms with Crippen molar-refractivity contribution in [3.05, 3.63) is 66.2 Å². The number of sulfone groups is 1. The number of rotatable bonds is 3. The Morgan fingerprint density at radius 3 is 1.89 bits per heavy atom. The van der Waals surface area contributed by atoms with Crippen LogP contribution in [0, 0.1) is 0 Å². The third-order valence-corrected chi connectivity index (χ3v) is 4.93. The lowest BCUT2D eigenvalue weighted by Crippen LogP contribution is -2.25. The highest BCUT2D eigenvalue weighted by molar-refractivity contribution is 7.92. The molecule has 0 spiro atoms. The molecular weight excluding hydrogens is 250 g/mol. The fourth-order valence-corrected chi connectivity index (χ4v) is 3.41. The molecule has 5 heteroatoms. The van der Waals surface area contributed by atoms with Gasteiger partial charge in [-0.2, -0.15) is 0 Å². The van der Waals surface area contributed by atoms with Crippen LogP contribution in [0.5, 0.6) is 0 Å². The first-order valence-electron chi connectivity index (χ1n) is 5.47. The maximum atomic E-state index is 12.5. The minimum atomic E-state index is -3.61. The molecule has 2 aromatic rings. The zero-order chi connectivity index (χ0) is 12.6. The van der Waals surface area contributed by atoms with E-state index in [9.17, 15) is 8.42 Å². The first-order valence-corrected chi connectivity index (χ1v) is 6.95. The van der Waals surface area contributed by atoms with Gasteiger partial charge in [-0.1, -0.05) is 48.5 Å². The summed E-state index contributed by atoms with van der Waals surface area (Å²) in [5.74, 6) is 0. The van der Waals surface area contributed by atoms with E-state index in [2.05, 4.69) is 5.48 Å². The molecule has 0 bridgehead atoms. The molecule has 0 amide bonds. The van der Waals surface area contributed by atoms with Crippen LogP contribution in [-0.4, -0.2) is 8.42 Å². The average molecular weight is 261 g/mol. The van der Waals surface area contributed by atoms with E-state index >= 15 is 0 Å². The lowest BCUT2D eigenvalue weighted by atomic mass is 10.2. The van der Waals surface area contributed by atoms with E-state index in [1.54, 1.807) is 54.6 Å². The molecule has 0 aromatic heterocycles. The standard InChI is InChI=1S/C13H11NO3S/c15-18(16,12-9-5-2-6-10-12)13(14-17-13)11-7-3-1-4-8-11/h1-10,14H. The fraction of sp³-hybridized carbons (Fsp3) is 0.0769. The average Bonchev–Trinajstić information content (AvgIpc) is 3.23. The predicted octanol–water partition coefficient (Wildman–Crippen LogP) is 1.81. The summed E-state index contributed by atoms with van der Waals surface area (Å²) in [4.78, 5) is 5.30. The number of hydroxylamine groups is 1. The summed E-state index contributed by atoms with van der Waals surface area (Å²) < 4.78 is 25.1. The molecule has 2 aromatic carbocycles. The second-order valence-corrected chi connectivity index (χ2v) is 6.06. The predicted molar refractivity (Wildman–Crippen MR) is 66.0 cm³/mol. The summed E-state index contributed by atoms with van der Waals surface area (Å²) in [6.07, 6.45) is 0. The van der Waals surface area contributed by atoms with Gasteiger partial charge in [0.15, 0.2) is 0 Å². The Kier molecular flexibility index (Phi) is 2.48. The Morgan fingerprint density at radius 1 is 0.889 bits per heavy atom. The molecule has 0 radical (unpaired) electrons. The molecule has 0 aliphatic carbocycles. The quantitative estimate of drug-likeness (QED) is 0.855. The Labute approximate surface area is 105 Å². The smallest absolute Gasteiger partial charge is 0.251 e. The SMILES string of the molecule is O=S(=O)(c1ccccc1)C1(c2ccccc2)NO1. The maximum absolute atomic E-state index is 12.5. The third kappa shape index (κ3) is 1.56. The van der Waals surface area contributed by atoms with E-state index in [0.717, 1.165) is 0 Å². The summed E-state index contributed by atoms with van der Waals surface area (Å²) in [5.41, 5.74) is 3.09. The molecule has 1 heterocycles. The largest absolute Gasteiger partial charge is 0.292 e. The molecule has 1 fully saturated rings. The van der Waals surface area contributed by atoms with Crippen molar-refractivity contribution in [3.63, 3.8) is 0 Å². The molecule has 1 atom stereocenters. The number of hydrogen-bond donors (Lipinski definition) is 1. The Morgan fingerprint density at radius 2 is 1.39 bits per heavy atom. The van der Waals surface area contributed by atoms with Gasteiger partial charge in [0.2, 0.25) is 9.84 Å². The summed E-state index contributed by atoms with van der Waals surface area (Å²) in [6, 6.07) is 17.1. The van der Waals surface area contributed by atoms with Crippen LogP contribution < -0.4 is 5.48 Å². The molecule has 1 unspecified atom stereocenters. The van der Waals surface area contributed by atoms with Crippen molar-refractivity contribution in [1.29, 1.82) is 0 Å². The topological polar surface area (TPSA) is 68.6 Å². The van der Waals surface area contributed by atoms with Crippen molar-refractivity contribution in [1.82, 2.24) is 5.48 Å². The van der Waals surface area contributed by atoms with Crippen molar-refractivity contribution in [2.75, 3.05) is 0 Å². The van der Waals surface area contributed by atoms with Gasteiger partial charge < -0.3 is 0 Å². The molecule has 1 saturated heterocycles. The Hall–Kier alpha value is -1.69. The van der Waals surface area contributed by atoms with Crippen LogP contribution in [0.15, 0.2) is 65.6 Å². The van der Waals surface area contributed by atoms with E-state index in [1.807, 2.05) is 6.07 Å². The molecule has 18 heavy (non-hydrogen) atoms. The van der Waals surface area contributed by atoms with Crippen LogP contribution in [0.4, 0.5) is 0 Å². The maximum Gasteiger partial charge on any atom is 0.292 e. The van der Waals surface area contributed by atoms with Crippen LogP contribution in [0.3, 0.4) is 0 Å². The molecule has 3 rings (SSSR count). The molecule has 4 nitrogen and oxygen atoms in total. The number of benzene rings is 2. The van der Waals surface area contributed by atoms with Crippen LogP contribution in [0.1, 0.15) is 5.56 Å². The lowest BCUT2D eigenvalue weighted by Gasteiger charge is -2.11. The molecule has 0 saturated carbocycles. The van der Waals surface area contributed by atoms with E-state index < -0.39 is 14.9 Å². The minimum Gasteiger partial charge on any atom is -0.251 e. The number of hydrogen-bond acceptors (Lipinski definition) is 4. The minimum absolute atomic E-state index is 0.235. The van der Waals surface area contributed by atoms with E-state index in [4.69, 9.17) is 4.84 Å². The van der Waals surface area contributed by atoms with Gasteiger partial charge in [0.05, 0.1) is 4.90 Å². The Bertz CT molecular complexity index is 649. The summed E-state index contributed by atoms with van der Waals surface area (Å²) >= 11 is 0. The van der Waals surface area contributed by atoms with E-state index in [0.29, 0.717) is 5.56 Å². The lowest BCUT2D eigenvalue weighted by molar-refractivity contribution is 0.346. The van der Waals surface area contributed by atoms with Crippen molar-refractivity contribution < 1.29 is 13.3 Å². The first-order chi connectivity index (χ1) is 8.67. The van der Waals surface area contributed by atoms with E-state index in [-0.39, 0.29) is 4.90 Å². The molecule has 1 aliphatic heterocycles. The van der Waals surface area contributed by atoms with Crippen LogP contribution in [0.2, 0.25) is 0 Å². The van der Waals surface area contributed by atoms with Crippen LogP contribution >= 0.6 is 0 Å². The summed E-state index contributed by atoms with van der Waals surface area (Å²) in [6.45, 7) is 0. The second-order valence-electron chi connectivity index (χ2n) is 4.00. The van der Waals surface area contributed by atoms with Gasteiger partial charge in [0.1, 0.15) is 0 Å². The Balaban J connectivity index is 2.11. The van der Waals surface area contributed by atoms with Crippen molar-refractivity contribution in [2.24, 2.45) is 0 Å². The number of nitrogens with one attached hydrogen (secondary N) is 1. The van der Waals surface area contributed by atoms with E-state index in [1.165, 1.54) is 0 Å². The highest BCUT2D eigenvalue weighted by Gasteiger charge is 2.59. The monoisotopic (exact) mass is 261 g/mol. The summed E-state index contributed by atoms with van der Waals surface area (Å²) in [5, 5.41) is -1.43. The van der Waals surface area contributed by atoms with Crippen LogP contribution in [0.25, 0.3) is 0 Å². The van der Waals surface area contributed by atoms with Gasteiger partial charge in [0.25, 0.3) is 5.06 Å². The normalized spacial score (nSPS) is 22.7. The van der Waals surface area contributed by atoms with Gasteiger partial charge in [-0.3, -0.25) is 4.84 Å². The zero-order valence-electron chi connectivity index (χ0n) is 9.41. The zero-order valence-corrected chi connectivity index (χ0v) is 10.2. The second kappa shape index (κ2) is 3.91. The highest BCUT2D eigenvalue weighted by atomic mass is 32.2. The van der Waals surface area contributed by atoms with Gasteiger partial charge in [0, 0.05) is 5.56 Å². The molecule has 1 N–H and O–H groups in total. The third-order valence-electron chi connectivity index (χ3n) is 2.87. The van der Waals surface area contributed by atoms with Gasteiger partial charge in [-0.05, 0) is 12.1 Å². The molecule has 1 aliphatic rings. The van der Waals surface area contributed by atoms with Gasteiger partial charge in [-0.25, -0.2) is 8.42 Å². The van der Waals surface area contributed by atoms with Crippen molar-refractivity contribution in [3.8, 4) is 0 Å². The van der Waals surface area contributed by atoms with Gasteiger partial charge >= 0.3 is 0 Å². The van der Waals surface area contributed by atoms with Crippen LogP contribution in [-0.2, 0) is 19.7 Å². The van der Waals surface area contributed by atoms with Crippen molar-refractivity contribution >= 4 is 9.84 Å². The first kappa shape index (κ1) is 11.4. The molecular formula is C13H11NO3S. The highest BCUT2D eigenvalue weighted by Crippen LogP contribution is 2.41. The summed E-state index contributed by atoms with van der Waals surface area (Å²) in [7, 11) is -3.61. The molecule has 92 valence electrons.